The first-order chi connectivity index (χ1) is 9.20. The smallest absolute Gasteiger partial charge is 0.129 e. The number of benzene rings is 2. The largest absolute Gasteiger partial charge is 0.295 e. The van der Waals surface area contributed by atoms with E-state index in [-0.39, 0.29) is 0 Å². The summed E-state index contributed by atoms with van der Waals surface area (Å²) >= 11 is 8.38. The third-order valence-electron chi connectivity index (χ3n) is 3.13. The van der Waals surface area contributed by atoms with Gasteiger partial charge in [0.25, 0.3) is 0 Å². The van der Waals surface area contributed by atoms with Gasteiger partial charge >= 0.3 is 0 Å². The fraction of sp³-hybridized carbons (Fsp3) is 0.133. The number of hydrogen-bond acceptors (Lipinski definition) is 1. The number of alkyl halides is 1. The van der Waals surface area contributed by atoms with Crippen LogP contribution >= 0.6 is 34.2 Å². The van der Waals surface area contributed by atoms with Gasteiger partial charge in [0.1, 0.15) is 5.82 Å². The van der Waals surface area contributed by atoms with Crippen LogP contribution in [0.3, 0.4) is 0 Å². The summed E-state index contributed by atoms with van der Waals surface area (Å²) < 4.78 is 3.35. The number of halogens is 2. The molecule has 96 valence electrons. The van der Waals surface area contributed by atoms with Crippen molar-refractivity contribution in [3.63, 3.8) is 0 Å². The molecule has 0 fully saturated rings. The monoisotopic (exact) mass is 382 g/mol. The van der Waals surface area contributed by atoms with Crippen molar-refractivity contribution in [2.45, 2.75) is 12.8 Å². The van der Waals surface area contributed by atoms with Crippen LogP contribution in [0.2, 0.25) is 0 Å². The third kappa shape index (κ3) is 2.25. The van der Waals surface area contributed by atoms with Crippen molar-refractivity contribution in [2.75, 3.05) is 0 Å². The van der Waals surface area contributed by atoms with Crippen LogP contribution in [0.1, 0.15) is 11.4 Å². The molecule has 19 heavy (non-hydrogen) atoms. The molecule has 4 heteroatoms. The average Bonchev–Trinajstić information content (AvgIpc) is 2.78. The Morgan fingerprint density at radius 1 is 1.21 bits per heavy atom. The van der Waals surface area contributed by atoms with Crippen LogP contribution in [0, 0.1) is 10.5 Å². The Labute approximate surface area is 130 Å². The molecule has 0 aliphatic rings. The minimum atomic E-state index is 0.402. The molecular weight excluding hydrogens is 371 g/mol. The molecule has 2 aromatic carbocycles. The Morgan fingerprint density at radius 3 is 2.74 bits per heavy atom. The highest BCUT2D eigenvalue weighted by Crippen LogP contribution is 2.26. The Bertz CT molecular complexity index is 749. The summed E-state index contributed by atoms with van der Waals surface area (Å²) in [6.07, 6.45) is 0. The molecule has 0 aliphatic carbocycles. The van der Waals surface area contributed by atoms with Crippen LogP contribution < -0.4 is 0 Å². The summed E-state index contributed by atoms with van der Waals surface area (Å²) in [6.45, 7) is 2.10. The molecule has 0 saturated heterocycles. The maximum Gasteiger partial charge on any atom is 0.129 e. The fourth-order valence-electron chi connectivity index (χ4n) is 2.33. The summed E-state index contributed by atoms with van der Waals surface area (Å²) in [5.41, 5.74) is 4.45. The number of aryl methyl sites for hydroxylation is 1. The van der Waals surface area contributed by atoms with E-state index in [9.17, 15) is 0 Å². The van der Waals surface area contributed by atoms with Crippen molar-refractivity contribution in [1.29, 1.82) is 0 Å². The lowest BCUT2D eigenvalue weighted by molar-refractivity contribution is 0.978. The van der Waals surface area contributed by atoms with Gasteiger partial charge in [0.05, 0.1) is 16.9 Å². The molecule has 3 aromatic rings. The number of aromatic nitrogens is 2. The predicted octanol–water partition coefficient (Wildman–Crippen LogP) is 4.68. The number of nitrogens with zero attached hydrogens (tertiary/aromatic N) is 2. The highest BCUT2D eigenvalue weighted by atomic mass is 127. The Morgan fingerprint density at radius 2 is 2.00 bits per heavy atom. The van der Waals surface area contributed by atoms with Gasteiger partial charge in [-0.1, -0.05) is 18.2 Å². The maximum absolute atomic E-state index is 6.06. The first-order valence-corrected chi connectivity index (χ1v) is 7.61. The molecule has 2 nitrogen and oxygen atoms in total. The van der Waals surface area contributed by atoms with Crippen LogP contribution in [0.15, 0.2) is 42.5 Å². The molecule has 0 spiro atoms. The molecule has 0 atom stereocenters. The average molecular weight is 383 g/mol. The standard InChI is InChI=1S/C15H12ClIN2/c1-10-4-2-7-13-15(10)19(14(9-16)18-13)12-6-3-5-11(17)8-12/h2-8H,9H2,1H3. The zero-order valence-corrected chi connectivity index (χ0v) is 13.3. The number of fused-ring (bicyclic) bond motifs is 1. The van der Waals surface area contributed by atoms with Crippen LogP contribution in [0.25, 0.3) is 16.7 Å². The van der Waals surface area contributed by atoms with Crippen LogP contribution in [0.4, 0.5) is 0 Å². The lowest BCUT2D eigenvalue weighted by Crippen LogP contribution is -2.00. The first-order valence-electron chi connectivity index (χ1n) is 5.99. The second-order valence-electron chi connectivity index (χ2n) is 4.42. The van der Waals surface area contributed by atoms with E-state index in [1.54, 1.807) is 0 Å². The van der Waals surface area contributed by atoms with Crippen molar-refractivity contribution in [3.05, 3.63) is 57.4 Å². The van der Waals surface area contributed by atoms with E-state index in [1.165, 1.54) is 9.13 Å². The zero-order valence-electron chi connectivity index (χ0n) is 10.4. The fourth-order valence-corrected chi connectivity index (χ4v) is 3.03. The molecule has 0 bridgehead atoms. The van der Waals surface area contributed by atoms with E-state index >= 15 is 0 Å². The van der Waals surface area contributed by atoms with Crippen LogP contribution in [-0.2, 0) is 5.88 Å². The maximum atomic E-state index is 6.06. The van der Waals surface area contributed by atoms with Gasteiger partial charge in [0.15, 0.2) is 0 Å². The van der Waals surface area contributed by atoms with Crippen molar-refractivity contribution in [2.24, 2.45) is 0 Å². The molecule has 0 aliphatic heterocycles. The zero-order chi connectivity index (χ0) is 13.4. The number of rotatable bonds is 2. The van der Waals surface area contributed by atoms with Gasteiger partial charge in [0, 0.05) is 9.26 Å². The number of hydrogen-bond donors (Lipinski definition) is 0. The summed E-state index contributed by atoms with van der Waals surface area (Å²) in [6, 6.07) is 14.5. The van der Waals surface area contributed by atoms with E-state index in [0.29, 0.717) is 5.88 Å². The summed E-state index contributed by atoms with van der Waals surface area (Å²) in [5.74, 6) is 1.28. The van der Waals surface area contributed by atoms with E-state index in [4.69, 9.17) is 11.6 Å². The number of para-hydroxylation sites is 1. The second kappa shape index (κ2) is 5.13. The normalized spacial score (nSPS) is 11.1. The highest BCUT2D eigenvalue weighted by molar-refractivity contribution is 14.1. The summed E-state index contributed by atoms with van der Waals surface area (Å²) in [4.78, 5) is 4.63. The highest BCUT2D eigenvalue weighted by Gasteiger charge is 2.13. The van der Waals surface area contributed by atoms with Crippen molar-refractivity contribution >= 4 is 45.2 Å². The van der Waals surface area contributed by atoms with E-state index in [0.717, 1.165) is 22.5 Å². The predicted molar refractivity (Wildman–Crippen MR) is 88.1 cm³/mol. The second-order valence-corrected chi connectivity index (χ2v) is 5.93. The molecule has 0 saturated carbocycles. The number of imidazole rings is 1. The van der Waals surface area contributed by atoms with Crippen LogP contribution in [0.5, 0.6) is 0 Å². The molecular formula is C15H12ClIN2. The Kier molecular flexibility index (Phi) is 3.50. The van der Waals surface area contributed by atoms with Gasteiger partial charge in [-0.15, -0.1) is 11.6 Å². The van der Waals surface area contributed by atoms with E-state index in [2.05, 4.69) is 69.4 Å². The van der Waals surface area contributed by atoms with Gasteiger partial charge in [-0.3, -0.25) is 4.57 Å². The van der Waals surface area contributed by atoms with Gasteiger partial charge in [-0.05, 0) is 59.3 Å². The topological polar surface area (TPSA) is 17.8 Å². The molecule has 0 radical (unpaired) electrons. The lowest BCUT2D eigenvalue weighted by atomic mass is 10.2. The van der Waals surface area contributed by atoms with E-state index in [1.807, 2.05) is 12.1 Å². The van der Waals surface area contributed by atoms with Crippen molar-refractivity contribution < 1.29 is 0 Å². The van der Waals surface area contributed by atoms with Gasteiger partial charge in [0.2, 0.25) is 0 Å². The molecule has 0 N–H and O–H groups in total. The van der Waals surface area contributed by atoms with Crippen LogP contribution in [-0.4, -0.2) is 9.55 Å². The van der Waals surface area contributed by atoms with E-state index < -0.39 is 0 Å². The molecule has 1 aromatic heterocycles. The quantitative estimate of drug-likeness (QED) is 0.465. The minimum absolute atomic E-state index is 0.402. The first kappa shape index (κ1) is 12.9. The van der Waals surface area contributed by atoms with Gasteiger partial charge in [-0.25, -0.2) is 4.98 Å². The van der Waals surface area contributed by atoms with Crippen molar-refractivity contribution in [1.82, 2.24) is 9.55 Å². The SMILES string of the molecule is Cc1cccc2nc(CCl)n(-c3cccc(I)c3)c12. The minimum Gasteiger partial charge on any atom is -0.295 e. The summed E-state index contributed by atoms with van der Waals surface area (Å²) in [7, 11) is 0. The molecule has 0 amide bonds. The Hall–Kier alpha value is -1.07. The Balaban J connectivity index is 2.38. The van der Waals surface area contributed by atoms with Gasteiger partial charge < -0.3 is 0 Å². The molecule has 3 rings (SSSR count). The summed E-state index contributed by atoms with van der Waals surface area (Å²) in [5, 5.41) is 0. The van der Waals surface area contributed by atoms with Gasteiger partial charge in [-0.2, -0.15) is 0 Å². The third-order valence-corrected chi connectivity index (χ3v) is 4.04. The molecule has 0 unspecified atom stereocenters. The lowest BCUT2D eigenvalue weighted by Gasteiger charge is -2.09. The molecule has 1 heterocycles. The van der Waals surface area contributed by atoms with Crippen molar-refractivity contribution in [3.8, 4) is 5.69 Å².